The first-order valence-corrected chi connectivity index (χ1v) is 11.8. The predicted molar refractivity (Wildman–Crippen MR) is 143 cm³/mol. The number of hydrogen-bond acceptors (Lipinski definition) is 7. The van der Waals surface area contributed by atoms with Gasteiger partial charge in [-0.2, -0.15) is 4.98 Å². The van der Waals surface area contributed by atoms with Gasteiger partial charge in [-0.3, -0.25) is 0 Å². The van der Waals surface area contributed by atoms with Crippen molar-refractivity contribution in [1.29, 1.82) is 0 Å². The summed E-state index contributed by atoms with van der Waals surface area (Å²) in [6.07, 6.45) is 3.57. The third-order valence-corrected chi connectivity index (χ3v) is 5.77. The van der Waals surface area contributed by atoms with E-state index in [4.69, 9.17) is 14.0 Å². The number of urea groups is 1. The van der Waals surface area contributed by atoms with Crippen LogP contribution in [0.4, 0.5) is 16.2 Å². The van der Waals surface area contributed by atoms with Crippen molar-refractivity contribution in [1.82, 2.24) is 19.7 Å². The summed E-state index contributed by atoms with van der Waals surface area (Å²) >= 11 is 0. The van der Waals surface area contributed by atoms with Gasteiger partial charge in [0.1, 0.15) is 5.69 Å². The first kappa shape index (κ1) is 24.6. The van der Waals surface area contributed by atoms with Gasteiger partial charge in [0.25, 0.3) is 5.89 Å². The Bertz CT molecular complexity index is 1560. The van der Waals surface area contributed by atoms with Crippen LogP contribution in [0.25, 0.3) is 23.0 Å². The average Bonchev–Trinajstić information content (AvgIpc) is 3.60. The summed E-state index contributed by atoms with van der Waals surface area (Å²) in [4.78, 5) is 21.3. The Morgan fingerprint density at radius 1 is 0.947 bits per heavy atom. The van der Waals surface area contributed by atoms with Crippen LogP contribution in [0.1, 0.15) is 11.1 Å². The number of rotatable bonds is 8. The highest BCUT2D eigenvalue weighted by atomic mass is 16.5. The van der Waals surface area contributed by atoms with Crippen molar-refractivity contribution >= 4 is 17.4 Å². The molecule has 0 aliphatic carbocycles. The van der Waals surface area contributed by atoms with E-state index in [2.05, 4.69) is 25.8 Å². The van der Waals surface area contributed by atoms with E-state index in [0.29, 0.717) is 46.8 Å². The number of amides is 2. The van der Waals surface area contributed by atoms with Gasteiger partial charge in [0.2, 0.25) is 5.82 Å². The zero-order valence-electron chi connectivity index (χ0n) is 21.1. The second-order valence-electron chi connectivity index (χ2n) is 8.57. The van der Waals surface area contributed by atoms with Crippen LogP contribution in [0.5, 0.6) is 11.5 Å². The monoisotopic (exact) mass is 510 g/mol. The van der Waals surface area contributed by atoms with E-state index < -0.39 is 0 Å². The maximum absolute atomic E-state index is 12.4. The predicted octanol–water partition coefficient (Wildman–Crippen LogP) is 5.62. The summed E-state index contributed by atoms with van der Waals surface area (Å²) in [5.41, 5.74) is 4.89. The second-order valence-corrected chi connectivity index (χ2v) is 8.57. The Hall–Kier alpha value is -5.12. The molecule has 10 heteroatoms. The molecule has 0 unspecified atom stereocenters. The lowest BCUT2D eigenvalue weighted by Gasteiger charge is -2.11. The number of ether oxygens (including phenoxy) is 2. The average molecular weight is 511 g/mol. The summed E-state index contributed by atoms with van der Waals surface area (Å²) in [6.45, 7) is 2.60. The Morgan fingerprint density at radius 3 is 2.47 bits per heavy atom. The largest absolute Gasteiger partial charge is 0.493 e. The molecule has 0 saturated carbocycles. The van der Waals surface area contributed by atoms with Gasteiger partial charge in [-0.1, -0.05) is 41.1 Å². The van der Waals surface area contributed by atoms with Crippen LogP contribution in [0.15, 0.2) is 83.8 Å². The van der Waals surface area contributed by atoms with Gasteiger partial charge in [0.15, 0.2) is 11.5 Å². The van der Waals surface area contributed by atoms with Crippen LogP contribution in [-0.2, 0) is 6.54 Å². The van der Waals surface area contributed by atoms with E-state index in [0.717, 1.165) is 16.7 Å². The van der Waals surface area contributed by atoms with Gasteiger partial charge < -0.3 is 29.2 Å². The first-order chi connectivity index (χ1) is 18.5. The zero-order chi connectivity index (χ0) is 26.5. The summed E-state index contributed by atoms with van der Waals surface area (Å²) < 4.78 is 17.9. The van der Waals surface area contributed by atoms with Crippen molar-refractivity contribution in [2.75, 3.05) is 24.9 Å². The Kier molecular flexibility index (Phi) is 7.03. The number of carbonyl (C=O) groups is 1. The summed E-state index contributed by atoms with van der Waals surface area (Å²) in [5.74, 6) is 2.00. The zero-order valence-corrected chi connectivity index (χ0v) is 21.1. The fourth-order valence-corrected chi connectivity index (χ4v) is 3.90. The van der Waals surface area contributed by atoms with Gasteiger partial charge in [-0.15, -0.1) is 0 Å². The van der Waals surface area contributed by atoms with E-state index >= 15 is 0 Å². The van der Waals surface area contributed by atoms with Gasteiger partial charge in [0.05, 0.1) is 20.5 Å². The van der Waals surface area contributed by atoms with Gasteiger partial charge in [-0.05, 0) is 42.8 Å². The molecular weight excluding hydrogens is 484 g/mol. The van der Waals surface area contributed by atoms with Crippen LogP contribution in [0.2, 0.25) is 0 Å². The van der Waals surface area contributed by atoms with Gasteiger partial charge >= 0.3 is 6.03 Å². The van der Waals surface area contributed by atoms with Gasteiger partial charge in [0, 0.05) is 35.7 Å². The number of aromatic nitrogens is 4. The molecule has 5 aromatic rings. The summed E-state index contributed by atoms with van der Waals surface area (Å²) in [7, 11) is 3.10. The van der Waals surface area contributed by atoms with Crippen LogP contribution in [0.3, 0.4) is 0 Å². The molecule has 2 heterocycles. The van der Waals surface area contributed by atoms with Crippen molar-refractivity contribution in [2.45, 2.75) is 13.5 Å². The molecule has 0 bridgehead atoms. The first-order valence-electron chi connectivity index (χ1n) is 11.8. The molecule has 0 saturated heterocycles. The lowest BCUT2D eigenvalue weighted by atomic mass is 10.1. The van der Waals surface area contributed by atoms with Crippen LogP contribution in [0, 0.1) is 6.92 Å². The molecule has 0 aliphatic heterocycles. The number of nitrogens with zero attached hydrogens (tertiary/aromatic N) is 4. The van der Waals surface area contributed by atoms with Crippen LogP contribution < -0.4 is 20.1 Å². The number of carbonyl (C=O) groups excluding carboxylic acids is 1. The molecule has 0 fully saturated rings. The molecular formula is C28H26N6O4. The molecule has 0 aliphatic rings. The second kappa shape index (κ2) is 10.9. The molecule has 0 radical (unpaired) electrons. The number of methoxy groups -OCH3 is 2. The van der Waals surface area contributed by atoms with E-state index in [1.54, 1.807) is 38.7 Å². The molecule has 192 valence electrons. The third-order valence-electron chi connectivity index (χ3n) is 5.77. The topological polar surface area (TPSA) is 116 Å². The number of anilines is 2. The number of nitrogens with one attached hydrogen (secondary N) is 2. The van der Waals surface area contributed by atoms with E-state index in [9.17, 15) is 4.79 Å². The number of imidazole rings is 1. The number of benzene rings is 3. The lowest BCUT2D eigenvalue weighted by molar-refractivity contribution is 0.262. The molecule has 0 atom stereocenters. The fourth-order valence-electron chi connectivity index (χ4n) is 3.90. The summed E-state index contributed by atoms with van der Waals surface area (Å²) in [6, 6.07) is 20.3. The standard InChI is InChI=1S/C28H26N6O4/c1-18-5-4-6-20(13-18)26-32-27(38-33-26)23-16-34(17-29-23)15-19-7-9-21(10-8-19)30-28(35)31-22-11-12-24(36-2)25(14-22)37-3/h4-14,16-17H,15H2,1-3H3,(H2,30,31,35). The van der Waals surface area contributed by atoms with E-state index in [1.165, 1.54) is 0 Å². The van der Waals surface area contributed by atoms with Crippen LogP contribution in [-0.4, -0.2) is 39.9 Å². The minimum atomic E-state index is -0.367. The highest BCUT2D eigenvalue weighted by molar-refractivity contribution is 5.99. The van der Waals surface area contributed by atoms with Crippen molar-refractivity contribution in [2.24, 2.45) is 0 Å². The highest BCUT2D eigenvalue weighted by Crippen LogP contribution is 2.30. The van der Waals surface area contributed by atoms with E-state index in [-0.39, 0.29) is 6.03 Å². The van der Waals surface area contributed by atoms with Crippen molar-refractivity contribution < 1.29 is 18.8 Å². The molecule has 3 aromatic carbocycles. The Labute approximate surface area is 219 Å². The normalized spacial score (nSPS) is 10.7. The quantitative estimate of drug-likeness (QED) is 0.278. The van der Waals surface area contributed by atoms with Crippen molar-refractivity contribution in [3.63, 3.8) is 0 Å². The maximum atomic E-state index is 12.4. The number of aryl methyl sites for hydroxylation is 1. The van der Waals surface area contributed by atoms with Crippen molar-refractivity contribution in [3.05, 3.63) is 90.4 Å². The maximum Gasteiger partial charge on any atom is 0.323 e. The molecule has 38 heavy (non-hydrogen) atoms. The molecule has 2 aromatic heterocycles. The Balaban J connectivity index is 1.18. The smallest absolute Gasteiger partial charge is 0.323 e. The lowest BCUT2D eigenvalue weighted by Crippen LogP contribution is -2.19. The van der Waals surface area contributed by atoms with Gasteiger partial charge in [-0.25, -0.2) is 9.78 Å². The summed E-state index contributed by atoms with van der Waals surface area (Å²) in [5, 5.41) is 9.70. The van der Waals surface area contributed by atoms with Crippen molar-refractivity contribution in [3.8, 4) is 34.5 Å². The molecule has 10 nitrogen and oxygen atoms in total. The molecule has 2 N–H and O–H groups in total. The number of hydrogen-bond donors (Lipinski definition) is 2. The molecule has 5 rings (SSSR count). The van der Waals surface area contributed by atoms with Crippen LogP contribution >= 0.6 is 0 Å². The molecule has 2 amide bonds. The Morgan fingerprint density at radius 2 is 1.71 bits per heavy atom. The fraction of sp³-hybridized carbons (Fsp3) is 0.143. The van der Waals surface area contributed by atoms with E-state index in [1.807, 2.05) is 66.2 Å². The minimum absolute atomic E-state index is 0.361. The SMILES string of the molecule is COc1ccc(NC(=O)Nc2ccc(Cn3cnc(-c4nc(-c5cccc(C)c5)no4)c3)cc2)cc1OC. The molecule has 0 spiro atoms. The highest BCUT2D eigenvalue weighted by Gasteiger charge is 2.13. The third kappa shape index (κ3) is 5.65. The minimum Gasteiger partial charge on any atom is -0.493 e.